The lowest BCUT2D eigenvalue weighted by atomic mass is 9.85. The molecule has 0 radical (unpaired) electrons. The van der Waals surface area contributed by atoms with Gasteiger partial charge in [-0.2, -0.15) is 0 Å². The zero-order valence-electron chi connectivity index (χ0n) is 22.3. The van der Waals surface area contributed by atoms with Gasteiger partial charge in [-0.25, -0.2) is 0 Å². The fourth-order valence-electron chi connectivity index (χ4n) is 5.14. The largest absolute Gasteiger partial charge is 0.492 e. The van der Waals surface area contributed by atoms with E-state index in [0.717, 1.165) is 61.3 Å². The molecule has 0 bridgehead atoms. The number of aliphatic hydroxyl groups excluding tert-OH is 1. The second-order valence-electron chi connectivity index (χ2n) is 10.0. The Balaban J connectivity index is 1.30. The molecule has 0 saturated carbocycles. The Morgan fingerprint density at radius 1 is 0.842 bits per heavy atom. The minimum Gasteiger partial charge on any atom is -0.492 e. The standard InChI is InChI=1S/C32H42N2O4/c33-15-18-37-29-8-1-4-24(20-29)10-12-31-23-27(14-17-36-31)26-6-3-7-28(22-26)32(35)13-11-25-5-2-9-30(21-25)38-19-16-34/h1-9,20-22,27,31-32,35H,10-19,23,33-34H2. The van der Waals surface area contributed by atoms with Gasteiger partial charge in [-0.15, -0.1) is 0 Å². The van der Waals surface area contributed by atoms with Crippen LogP contribution in [0, 0.1) is 0 Å². The van der Waals surface area contributed by atoms with Crippen LogP contribution in [0.25, 0.3) is 0 Å². The number of benzene rings is 3. The molecule has 1 saturated heterocycles. The summed E-state index contributed by atoms with van der Waals surface area (Å²) in [7, 11) is 0. The van der Waals surface area contributed by atoms with Gasteiger partial charge >= 0.3 is 0 Å². The van der Waals surface area contributed by atoms with Crippen molar-refractivity contribution in [2.75, 3.05) is 32.9 Å². The van der Waals surface area contributed by atoms with E-state index in [0.29, 0.717) is 38.6 Å². The first-order valence-electron chi connectivity index (χ1n) is 13.9. The van der Waals surface area contributed by atoms with Crippen LogP contribution < -0.4 is 20.9 Å². The Hall–Kier alpha value is -2.90. The van der Waals surface area contributed by atoms with Gasteiger partial charge in [-0.3, -0.25) is 0 Å². The lowest BCUT2D eigenvalue weighted by molar-refractivity contribution is 0.00215. The Kier molecular flexibility index (Phi) is 11.0. The van der Waals surface area contributed by atoms with Crippen molar-refractivity contribution in [2.24, 2.45) is 11.5 Å². The number of aliphatic hydroxyl groups is 1. The Bertz CT molecular complexity index is 1120. The van der Waals surface area contributed by atoms with Gasteiger partial charge in [0.05, 0.1) is 12.2 Å². The van der Waals surface area contributed by atoms with Crippen molar-refractivity contribution >= 4 is 0 Å². The SMILES string of the molecule is NCCOc1cccc(CCC2CC(c3cccc(C(O)CCc4cccc(OCCN)c4)c3)CCO2)c1. The maximum Gasteiger partial charge on any atom is 0.119 e. The van der Waals surface area contributed by atoms with Crippen molar-refractivity contribution in [3.8, 4) is 11.5 Å². The van der Waals surface area contributed by atoms with Crippen molar-refractivity contribution in [3.63, 3.8) is 0 Å². The van der Waals surface area contributed by atoms with E-state index >= 15 is 0 Å². The molecular weight excluding hydrogens is 476 g/mol. The molecule has 1 aliphatic heterocycles. The normalized spacial score (nSPS) is 18.2. The minimum atomic E-state index is -0.507. The van der Waals surface area contributed by atoms with Crippen LogP contribution >= 0.6 is 0 Å². The van der Waals surface area contributed by atoms with Gasteiger partial charge < -0.3 is 30.8 Å². The number of rotatable bonds is 14. The molecule has 204 valence electrons. The van der Waals surface area contributed by atoms with Gasteiger partial charge in [0.15, 0.2) is 0 Å². The number of ether oxygens (including phenoxy) is 3. The molecule has 3 aromatic carbocycles. The molecule has 0 spiro atoms. The zero-order valence-corrected chi connectivity index (χ0v) is 22.3. The molecule has 1 aliphatic rings. The molecule has 4 rings (SSSR count). The molecule has 0 aromatic heterocycles. The highest BCUT2D eigenvalue weighted by Crippen LogP contribution is 2.33. The van der Waals surface area contributed by atoms with E-state index in [-0.39, 0.29) is 6.10 Å². The molecular formula is C32H42N2O4. The first-order chi connectivity index (χ1) is 18.6. The van der Waals surface area contributed by atoms with Gasteiger partial charge in [0.1, 0.15) is 24.7 Å². The highest BCUT2D eigenvalue weighted by atomic mass is 16.5. The summed E-state index contributed by atoms with van der Waals surface area (Å²) in [6.45, 7) is 2.81. The van der Waals surface area contributed by atoms with Crippen molar-refractivity contribution < 1.29 is 19.3 Å². The fraction of sp³-hybridized carbons (Fsp3) is 0.438. The van der Waals surface area contributed by atoms with Crippen LogP contribution in [-0.2, 0) is 17.6 Å². The van der Waals surface area contributed by atoms with E-state index < -0.39 is 6.10 Å². The monoisotopic (exact) mass is 518 g/mol. The maximum atomic E-state index is 11.0. The summed E-state index contributed by atoms with van der Waals surface area (Å²) in [4.78, 5) is 0. The third kappa shape index (κ3) is 8.57. The molecule has 1 fully saturated rings. The van der Waals surface area contributed by atoms with Crippen LogP contribution in [0.4, 0.5) is 0 Å². The molecule has 5 N–H and O–H groups in total. The second-order valence-corrected chi connectivity index (χ2v) is 10.0. The number of aryl methyl sites for hydroxylation is 2. The fourth-order valence-corrected chi connectivity index (χ4v) is 5.14. The van der Waals surface area contributed by atoms with Crippen LogP contribution in [0.3, 0.4) is 0 Å². The molecule has 6 heteroatoms. The summed E-state index contributed by atoms with van der Waals surface area (Å²) in [5.41, 5.74) is 15.8. The van der Waals surface area contributed by atoms with Gasteiger partial charge in [-0.05, 0) is 91.0 Å². The molecule has 38 heavy (non-hydrogen) atoms. The van der Waals surface area contributed by atoms with Crippen LogP contribution in [0.2, 0.25) is 0 Å². The van der Waals surface area contributed by atoms with Crippen molar-refractivity contribution in [3.05, 3.63) is 95.1 Å². The molecule has 0 aliphatic carbocycles. The van der Waals surface area contributed by atoms with E-state index in [9.17, 15) is 5.11 Å². The molecule has 3 aromatic rings. The lowest BCUT2D eigenvalue weighted by Crippen LogP contribution is -2.25. The van der Waals surface area contributed by atoms with Crippen molar-refractivity contribution in [1.82, 2.24) is 0 Å². The predicted molar refractivity (Wildman–Crippen MR) is 152 cm³/mol. The first-order valence-corrected chi connectivity index (χ1v) is 13.9. The smallest absolute Gasteiger partial charge is 0.119 e. The minimum absolute atomic E-state index is 0.227. The summed E-state index contributed by atoms with van der Waals surface area (Å²) >= 11 is 0. The average molecular weight is 519 g/mol. The van der Waals surface area contributed by atoms with Crippen molar-refractivity contribution in [2.45, 2.75) is 56.7 Å². The molecule has 0 amide bonds. The second kappa shape index (κ2) is 14.9. The quantitative estimate of drug-likeness (QED) is 0.280. The lowest BCUT2D eigenvalue weighted by Gasteiger charge is -2.30. The van der Waals surface area contributed by atoms with Crippen LogP contribution in [-0.4, -0.2) is 44.1 Å². The summed E-state index contributed by atoms with van der Waals surface area (Å²) in [5, 5.41) is 11.0. The third-order valence-electron chi connectivity index (χ3n) is 7.17. The molecule has 1 heterocycles. The third-order valence-corrected chi connectivity index (χ3v) is 7.17. The summed E-state index contributed by atoms with van der Waals surface area (Å²) in [6, 6.07) is 24.8. The van der Waals surface area contributed by atoms with Gasteiger partial charge in [0.2, 0.25) is 0 Å². The number of hydrogen-bond acceptors (Lipinski definition) is 6. The average Bonchev–Trinajstić information content (AvgIpc) is 2.97. The van der Waals surface area contributed by atoms with Crippen LogP contribution in [0.1, 0.15) is 60.0 Å². The number of nitrogens with two attached hydrogens (primary N) is 2. The van der Waals surface area contributed by atoms with E-state index in [1.54, 1.807) is 0 Å². The van der Waals surface area contributed by atoms with E-state index in [1.165, 1.54) is 11.1 Å². The van der Waals surface area contributed by atoms with E-state index in [4.69, 9.17) is 25.7 Å². The summed E-state index contributed by atoms with van der Waals surface area (Å²) in [6.07, 6.45) is 5.10. The van der Waals surface area contributed by atoms with E-state index in [1.807, 2.05) is 36.4 Å². The summed E-state index contributed by atoms with van der Waals surface area (Å²) in [5.74, 6) is 2.14. The zero-order chi connectivity index (χ0) is 26.6. The van der Waals surface area contributed by atoms with Crippen LogP contribution in [0.15, 0.2) is 72.8 Å². The Labute approximate surface area is 226 Å². The molecule has 3 atom stereocenters. The van der Waals surface area contributed by atoms with Gasteiger partial charge in [0, 0.05) is 19.7 Å². The predicted octanol–water partition coefficient (Wildman–Crippen LogP) is 4.92. The highest BCUT2D eigenvalue weighted by Gasteiger charge is 2.24. The topological polar surface area (TPSA) is 100.0 Å². The maximum absolute atomic E-state index is 11.0. The van der Waals surface area contributed by atoms with Crippen molar-refractivity contribution in [1.29, 1.82) is 0 Å². The Morgan fingerprint density at radius 2 is 1.50 bits per heavy atom. The van der Waals surface area contributed by atoms with Gasteiger partial charge in [-0.1, -0.05) is 48.5 Å². The first kappa shape index (κ1) is 28.1. The van der Waals surface area contributed by atoms with Crippen LogP contribution in [0.5, 0.6) is 11.5 Å². The molecule has 3 unspecified atom stereocenters. The van der Waals surface area contributed by atoms with Gasteiger partial charge in [0.25, 0.3) is 0 Å². The number of hydrogen-bond donors (Lipinski definition) is 3. The highest BCUT2D eigenvalue weighted by molar-refractivity contribution is 5.31. The molecule has 6 nitrogen and oxygen atoms in total. The van der Waals surface area contributed by atoms with E-state index in [2.05, 4.69) is 36.4 Å². The Morgan fingerprint density at radius 3 is 2.18 bits per heavy atom. The summed E-state index contributed by atoms with van der Waals surface area (Å²) < 4.78 is 17.4.